The topological polar surface area (TPSA) is 86.9 Å². The number of carbonyl (C=O) groups is 1. The number of aryl methyl sites for hydroxylation is 1. The third kappa shape index (κ3) is 3.97. The number of rotatable bonds is 4. The molecule has 1 aliphatic rings. The molecule has 0 unspecified atom stereocenters. The molecular weight excluding hydrogens is 292 g/mol. The van der Waals surface area contributed by atoms with Gasteiger partial charge >= 0.3 is 6.03 Å². The molecule has 1 aliphatic carbocycles. The Balaban J connectivity index is 1.54. The number of aromatic nitrogens is 2. The number of pyridine rings is 2. The van der Waals surface area contributed by atoms with Crippen LogP contribution in [0.3, 0.4) is 0 Å². The fraction of sp³-hybridized carbons (Fsp3) is 0.353. The minimum atomic E-state index is -0.190. The van der Waals surface area contributed by atoms with E-state index >= 15 is 0 Å². The van der Waals surface area contributed by atoms with E-state index < -0.39 is 0 Å². The smallest absolute Gasteiger partial charge is 0.315 e. The Bertz CT molecular complexity index is 727. The number of hydrogen-bond donors (Lipinski definition) is 3. The zero-order chi connectivity index (χ0) is 16.1. The summed E-state index contributed by atoms with van der Waals surface area (Å²) in [5.74, 6) is 0. The van der Waals surface area contributed by atoms with Crippen molar-refractivity contribution in [2.24, 2.45) is 0 Å². The minimum Gasteiger partial charge on any atom is -0.338 e. The average molecular weight is 312 g/mol. The van der Waals surface area contributed by atoms with Gasteiger partial charge in [-0.25, -0.2) is 4.79 Å². The Hall–Kier alpha value is -2.63. The predicted octanol–water partition coefficient (Wildman–Crippen LogP) is 1.69. The van der Waals surface area contributed by atoms with E-state index in [-0.39, 0.29) is 17.6 Å². The van der Waals surface area contributed by atoms with Gasteiger partial charge < -0.3 is 15.6 Å². The lowest BCUT2D eigenvalue weighted by molar-refractivity contribution is 0.235. The minimum absolute atomic E-state index is 0.0505. The van der Waals surface area contributed by atoms with E-state index in [1.165, 1.54) is 6.07 Å². The maximum atomic E-state index is 12.1. The normalized spacial score (nSPS) is 16.4. The molecule has 0 saturated heterocycles. The van der Waals surface area contributed by atoms with Crippen molar-refractivity contribution in [2.45, 2.75) is 31.7 Å². The lowest BCUT2D eigenvalue weighted by Crippen LogP contribution is -2.40. The quantitative estimate of drug-likeness (QED) is 0.803. The lowest BCUT2D eigenvalue weighted by atomic mass is 9.91. The van der Waals surface area contributed by atoms with Gasteiger partial charge in [-0.3, -0.25) is 9.78 Å². The highest BCUT2D eigenvalue weighted by atomic mass is 16.2. The van der Waals surface area contributed by atoms with Gasteiger partial charge in [-0.05, 0) is 43.0 Å². The molecule has 6 heteroatoms. The molecule has 0 fully saturated rings. The van der Waals surface area contributed by atoms with Crippen molar-refractivity contribution in [3.63, 3.8) is 0 Å². The number of nitrogens with one attached hydrogen (secondary N) is 3. The zero-order valence-corrected chi connectivity index (χ0v) is 12.8. The molecule has 0 aliphatic heterocycles. The van der Waals surface area contributed by atoms with Crippen LogP contribution in [0.15, 0.2) is 41.3 Å². The highest BCUT2D eigenvalue weighted by Crippen LogP contribution is 2.27. The number of carbonyl (C=O) groups excluding carboxylic acids is 1. The van der Waals surface area contributed by atoms with Crippen LogP contribution in [-0.2, 0) is 12.8 Å². The Morgan fingerprint density at radius 1 is 1.30 bits per heavy atom. The molecule has 0 spiro atoms. The standard InChI is InChI=1S/C17H20N4O2/c22-16-8-7-13-14(20-16)5-3-6-15(13)21-17(23)19-11-9-12-4-1-2-10-18-12/h1-2,4,7-8,10,15H,3,5-6,9,11H2,(H,20,22)(H2,19,21,23)/t15-/m1/s1. The van der Waals surface area contributed by atoms with E-state index in [1.807, 2.05) is 24.3 Å². The van der Waals surface area contributed by atoms with Crippen LogP contribution < -0.4 is 16.2 Å². The van der Waals surface area contributed by atoms with Gasteiger partial charge in [-0.15, -0.1) is 0 Å². The van der Waals surface area contributed by atoms with Crippen molar-refractivity contribution in [1.29, 1.82) is 0 Å². The summed E-state index contributed by atoms with van der Waals surface area (Å²) >= 11 is 0. The summed E-state index contributed by atoms with van der Waals surface area (Å²) in [6.07, 6.45) is 5.13. The fourth-order valence-electron chi connectivity index (χ4n) is 2.91. The maximum absolute atomic E-state index is 12.1. The second-order valence-electron chi connectivity index (χ2n) is 5.67. The Kier molecular flexibility index (Phi) is 4.71. The number of fused-ring (bicyclic) bond motifs is 1. The van der Waals surface area contributed by atoms with E-state index in [0.29, 0.717) is 13.0 Å². The van der Waals surface area contributed by atoms with E-state index in [4.69, 9.17) is 0 Å². The van der Waals surface area contributed by atoms with Gasteiger partial charge in [0.1, 0.15) is 0 Å². The second kappa shape index (κ2) is 7.09. The summed E-state index contributed by atoms with van der Waals surface area (Å²) in [5, 5.41) is 5.85. The molecule has 6 nitrogen and oxygen atoms in total. The number of amides is 2. The number of nitrogens with zero attached hydrogens (tertiary/aromatic N) is 1. The Morgan fingerprint density at radius 2 is 2.22 bits per heavy atom. The van der Waals surface area contributed by atoms with Gasteiger partial charge in [0.15, 0.2) is 0 Å². The molecule has 0 radical (unpaired) electrons. The van der Waals surface area contributed by atoms with E-state index in [2.05, 4.69) is 20.6 Å². The third-order valence-corrected chi connectivity index (χ3v) is 4.03. The highest BCUT2D eigenvalue weighted by Gasteiger charge is 2.22. The van der Waals surface area contributed by atoms with Gasteiger partial charge in [0, 0.05) is 36.6 Å². The van der Waals surface area contributed by atoms with Crippen LogP contribution in [0.4, 0.5) is 4.79 Å². The molecule has 1 atom stereocenters. The number of hydrogen-bond acceptors (Lipinski definition) is 3. The maximum Gasteiger partial charge on any atom is 0.315 e. The molecular formula is C17H20N4O2. The number of urea groups is 1. The van der Waals surface area contributed by atoms with Gasteiger partial charge in [-0.2, -0.15) is 0 Å². The summed E-state index contributed by atoms with van der Waals surface area (Å²) in [6, 6.07) is 8.82. The first-order valence-corrected chi connectivity index (χ1v) is 7.89. The first-order valence-electron chi connectivity index (χ1n) is 7.89. The van der Waals surface area contributed by atoms with Crippen LogP contribution in [0, 0.1) is 0 Å². The van der Waals surface area contributed by atoms with E-state index in [9.17, 15) is 9.59 Å². The van der Waals surface area contributed by atoms with Gasteiger partial charge in [0.05, 0.1) is 6.04 Å². The van der Waals surface area contributed by atoms with Gasteiger partial charge in [-0.1, -0.05) is 6.07 Å². The van der Waals surface area contributed by atoms with Crippen molar-refractivity contribution in [1.82, 2.24) is 20.6 Å². The van der Waals surface area contributed by atoms with Crippen molar-refractivity contribution in [3.8, 4) is 0 Å². The summed E-state index contributed by atoms with van der Waals surface area (Å²) in [6.45, 7) is 0.536. The predicted molar refractivity (Wildman–Crippen MR) is 87.2 cm³/mol. The molecule has 120 valence electrons. The Labute approximate surface area is 134 Å². The van der Waals surface area contributed by atoms with Crippen LogP contribution in [0.2, 0.25) is 0 Å². The average Bonchev–Trinajstić information content (AvgIpc) is 2.56. The SMILES string of the molecule is O=C(NCCc1ccccn1)N[C@@H]1CCCc2[nH]c(=O)ccc21. The second-order valence-corrected chi connectivity index (χ2v) is 5.67. The van der Waals surface area contributed by atoms with E-state index in [1.54, 1.807) is 6.20 Å². The van der Waals surface area contributed by atoms with Crippen LogP contribution >= 0.6 is 0 Å². The third-order valence-electron chi connectivity index (χ3n) is 4.03. The Morgan fingerprint density at radius 3 is 3.04 bits per heavy atom. The van der Waals surface area contributed by atoms with Gasteiger partial charge in [0.2, 0.25) is 5.56 Å². The monoisotopic (exact) mass is 312 g/mol. The van der Waals surface area contributed by atoms with Crippen LogP contribution in [-0.4, -0.2) is 22.5 Å². The van der Waals surface area contributed by atoms with Crippen LogP contribution in [0.5, 0.6) is 0 Å². The molecule has 3 N–H and O–H groups in total. The molecule has 2 aromatic rings. The van der Waals surface area contributed by atoms with Gasteiger partial charge in [0.25, 0.3) is 0 Å². The largest absolute Gasteiger partial charge is 0.338 e. The first-order chi connectivity index (χ1) is 11.2. The summed E-state index contributed by atoms with van der Waals surface area (Å²) in [4.78, 5) is 30.5. The van der Waals surface area contributed by atoms with Crippen LogP contribution in [0.25, 0.3) is 0 Å². The van der Waals surface area contributed by atoms with Crippen molar-refractivity contribution in [3.05, 3.63) is 63.8 Å². The van der Waals surface area contributed by atoms with Crippen molar-refractivity contribution >= 4 is 6.03 Å². The number of aromatic amines is 1. The summed E-state index contributed by atoms with van der Waals surface area (Å²) < 4.78 is 0. The molecule has 2 heterocycles. The molecule has 2 aromatic heterocycles. The van der Waals surface area contributed by atoms with E-state index in [0.717, 1.165) is 36.2 Å². The first kappa shape index (κ1) is 15.3. The molecule has 2 amide bonds. The molecule has 23 heavy (non-hydrogen) atoms. The van der Waals surface area contributed by atoms with Crippen molar-refractivity contribution < 1.29 is 4.79 Å². The molecule has 3 rings (SSSR count). The molecule has 0 saturated carbocycles. The zero-order valence-electron chi connectivity index (χ0n) is 12.8. The highest BCUT2D eigenvalue weighted by molar-refractivity contribution is 5.74. The summed E-state index contributed by atoms with van der Waals surface area (Å²) in [7, 11) is 0. The molecule has 0 aromatic carbocycles. The molecule has 0 bridgehead atoms. The number of H-pyrrole nitrogens is 1. The van der Waals surface area contributed by atoms with Crippen LogP contribution in [0.1, 0.15) is 35.8 Å². The lowest BCUT2D eigenvalue weighted by Gasteiger charge is -2.25. The summed E-state index contributed by atoms with van der Waals surface area (Å²) in [5.41, 5.74) is 2.80. The fourth-order valence-corrected chi connectivity index (χ4v) is 2.91. The van der Waals surface area contributed by atoms with Crippen molar-refractivity contribution in [2.75, 3.05) is 6.54 Å².